The lowest BCUT2D eigenvalue weighted by molar-refractivity contribution is -0.117. The third kappa shape index (κ3) is 3.73. The van der Waals surface area contributed by atoms with Crippen molar-refractivity contribution in [3.8, 4) is 0 Å². The van der Waals surface area contributed by atoms with E-state index in [2.05, 4.69) is 37.4 Å². The number of hydrogen-bond donors (Lipinski definition) is 1. The zero-order valence-corrected chi connectivity index (χ0v) is 15.0. The van der Waals surface area contributed by atoms with Gasteiger partial charge in [-0.25, -0.2) is 0 Å². The molecule has 1 heterocycles. The molecule has 130 valence electrons. The van der Waals surface area contributed by atoms with Crippen molar-refractivity contribution in [1.82, 2.24) is 5.32 Å². The van der Waals surface area contributed by atoms with Gasteiger partial charge in [-0.2, -0.15) is 0 Å². The number of hydrogen-bond acceptors (Lipinski definition) is 2. The fourth-order valence-corrected chi connectivity index (χ4v) is 3.30. The summed E-state index contributed by atoms with van der Waals surface area (Å²) in [6.45, 7) is 6.86. The Hall–Kier alpha value is -2.62. The van der Waals surface area contributed by atoms with E-state index in [1.807, 2.05) is 19.1 Å². The van der Waals surface area contributed by atoms with Gasteiger partial charge in [0.2, 0.25) is 5.91 Å². The lowest BCUT2D eigenvalue weighted by Crippen LogP contribution is -2.27. The summed E-state index contributed by atoms with van der Waals surface area (Å²) < 4.78 is 0. The molecule has 4 nitrogen and oxygen atoms in total. The van der Waals surface area contributed by atoms with Gasteiger partial charge in [0.25, 0.3) is 5.91 Å². The Morgan fingerprint density at radius 3 is 2.48 bits per heavy atom. The molecule has 4 heteroatoms. The van der Waals surface area contributed by atoms with E-state index in [1.165, 1.54) is 11.1 Å². The van der Waals surface area contributed by atoms with E-state index in [0.29, 0.717) is 12.0 Å². The molecule has 1 saturated heterocycles. The van der Waals surface area contributed by atoms with Gasteiger partial charge >= 0.3 is 0 Å². The Labute approximate surface area is 148 Å². The maximum atomic E-state index is 12.5. The second-order valence-corrected chi connectivity index (χ2v) is 6.75. The maximum Gasteiger partial charge on any atom is 0.251 e. The number of amides is 2. The number of carbonyl (C=O) groups excluding carboxylic acids is 2. The fourth-order valence-electron chi connectivity index (χ4n) is 3.30. The quantitative estimate of drug-likeness (QED) is 0.920. The van der Waals surface area contributed by atoms with Gasteiger partial charge in [0.1, 0.15) is 0 Å². The van der Waals surface area contributed by atoms with E-state index in [9.17, 15) is 9.59 Å². The Morgan fingerprint density at radius 1 is 1.12 bits per heavy atom. The van der Waals surface area contributed by atoms with Gasteiger partial charge in [-0.05, 0) is 62.6 Å². The van der Waals surface area contributed by atoms with Gasteiger partial charge in [0, 0.05) is 24.2 Å². The molecule has 2 aromatic rings. The number of nitrogens with one attached hydrogen (secondary N) is 1. The molecule has 0 aliphatic carbocycles. The molecular weight excluding hydrogens is 312 g/mol. The average Bonchev–Trinajstić information content (AvgIpc) is 3.03. The van der Waals surface area contributed by atoms with Crippen molar-refractivity contribution in [2.45, 2.75) is 39.7 Å². The minimum Gasteiger partial charge on any atom is -0.346 e. The van der Waals surface area contributed by atoms with Crippen molar-refractivity contribution in [1.29, 1.82) is 0 Å². The molecule has 1 atom stereocenters. The molecule has 2 amide bonds. The highest BCUT2D eigenvalue weighted by Crippen LogP contribution is 2.23. The largest absolute Gasteiger partial charge is 0.346 e. The topological polar surface area (TPSA) is 49.4 Å². The van der Waals surface area contributed by atoms with Crippen molar-refractivity contribution in [2.24, 2.45) is 0 Å². The van der Waals surface area contributed by atoms with Gasteiger partial charge < -0.3 is 10.2 Å². The third-order valence-electron chi connectivity index (χ3n) is 4.76. The minimum absolute atomic E-state index is 0.0627. The van der Waals surface area contributed by atoms with Crippen LogP contribution in [0.2, 0.25) is 0 Å². The highest BCUT2D eigenvalue weighted by atomic mass is 16.2. The van der Waals surface area contributed by atoms with Crippen LogP contribution in [0.25, 0.3) is 0 Å². The van der Waals surface area contributed by atoms with Crippen molar-refractivity contribution >= 4 is 17.5 Å². The fraction of sp³-hybridized carbons (Fsp3) is 0.333. The van der Waals surface area contributed by atoms with Crippen LogP contribution in [0.3, 0.4) is 0 Å². The van der Waals surface area contributed by atoms with E-state index >= 15 is 0 Å². The maximum absolute atomic E-state index is 12.5. The predicted octanol–water partition coefficient (Wildman–Crippen LogP) is 3.92. The summed E-state index contributed by atoms with van der Waals surface area (Å²) in [7, 11) is 0. The molecule has 2 aromatic carbocycles. The van der Waals surface area contributed by atoms with E-state index < -0.39 is 0 Å². The van der Waals surface area contributed by atoms with E-state index in [-0.39, 0.29) is 17.9 Å². The van der Waals surface area contributed by atoms with Crippen LogP contribution in [0.15, 0.2) is 42.5 Å². The van der Waals surface area contributed by atoms with E-state index in [0.717, 1.165) is 24.2 Å². The zero-order valence-electron chi connectivity index (χ0n) is 15.0. The molecule has 25 heavy (non-hydrogen) atoms. The highest BCUT2D eigenvalue weighted by molar-refractivity contribution is 5.97. The van der Waals surface area contributed by atoms with Gasteiger partial charge in [0.15, 0.2) is 0 Å². The van der Waals surface area contributed by atoms with Gasteiger partial charge in [-0.1, -0.05) is 23.8 Å². The van der Waals surface area contributed by atoms with Crippen LogP contribution in [-0.4, -0.2) is 18.4 Å². The van der Waals surface area contributed by atoms with Crippen LogP contribution in [0, 0.1) is 13.8 Å². The third-order valence-corrected chi connectivity index (χ3v) is 4.76. The SMILES string of the molecule is Cc1ccc(C)c([C@@H](C)NC(=O)c2ccc(N3CCCC3=O)cc2)c1. The van der Waals surface area contributed by atoms with E-state index in [1.54, 1.807) is 17.0 Å². The molecule has 0 aromatic heterocycles. The Kier molecular flexibility index (Phi) is 4.88. The van der Waals surface area contributed by atoms with Crippen LogP contribution in [0.1, 0.15) is 52.9 Å². The average molecular weight is 336 g/mol. The lowest BCUT2D eigenvalue weighted by atomic mass is 9.99. The van der Waals surface area contributed by atoms with Crippen molar-refractivity contribution < 1.29 is 9.59 Å². The van der Waals surface area contributed by atoms with Gasteiger partial charge in [0.05, 0.1) is 6.04 Å². The first kappa shape index (κ1) is 17.2. The summed E-state index contributed by atoms with van der Waals surface area (Å²) in [5.41, 5.74) is 4.95. The molecule has 1 aliphatic rings. The monoisotopic (exact) mass is 336 g/mol. The van der Waals surface area contributed by atoms with Gasteiger partial charge in [-0.3, -0.25) is 9.59 Å². The summed E-state index contributed by atoms with van der Waals surface area (Å²) in [6.07, 6.45) is 1.50. The molecule has 0 spiro atoms. The van der Waals surface area contributed by atoms with Crippen molar-refractivity contribution in [3.63, 3.8) is 0 Å². The predicted molar refractivity (Wildman–Crippen MR) is 99.8 cm³/mol. The number of anilines is 1. The smallest absolute Gasteiger partial charge is 0.251 e. The summed E-state index contributed by atoms with van der Waals surface area (Å²) in [4.78, 5) is 26.1. The second kappa shape index (κ2) is 7.09. The number of carbonyl (C=O) groups is 2. The Morgan fingerprint density at radius 2 is 1.84 bits per heavy atom. The van der Waals surface area contributed by atoms with Crippen molar-refractivity contribution in [3.05, 3.63) is 64.7 Å². The number of benzene rings is 2. The highest BCUT2D eigenvalue weighted by Gasteiger charge is 2.22. The summed E-state index contributed by atoms with van der Waals surface area (Å²) >= 11 is 0. The molecule has 1 fully saturated rings. The Balaban J connectivity index is 1.70. The first-order chi connectivity index (χ1) is 12.0. The van der Waals surface area contributed by atoms with Crippen LogP contribution in [-0.2, 0) is 4.79 Å². The zero-order chi connectivity index (χ0) is 18.0. The molecule has 0 radical (unpaired) electrons. The number of rotatable bonds is 4. The standard InChI is InChI=1S/C21H24N2O2/c1-14-6-7-15(2)19(13-14)16(3)22-21(25)17-8-10-18(11-9-17)23-12-4-5-20(23)24/h6-11,13,16H,4-5,12H2,1-3H3,(H,22,25)/t16-/m1/s1. The van der Waals surface area contributed by atoms with Crippen LogP contribution >= 0.6 is 0 Å². The first-order valence-corrected chi connectivity index (χ1v) is 8.74. The molecule has 3 rings (SSSR count). The van der Waals surface area contributed by atoms with Crippen LogP contribution < -0.4 is 10.2 Å². The summed E-state index contributed by atoms with van der Waals surface area (Å²) in [5.74, 6) is 0.0495. The van der Waals surface area contributed by atoms with Crippen LogP contribution in [0.4, 0.5) is 5.69 Å². The van der Waals surface area contributed by atoms with E-state index in [4.69, 9.17) is 0 Å². The summed E-state index contributed by atoms with van der Waals surface area (Å²) in [6, 6.07) is 13.5. The molecule has 0 unspecified atom stereocenters. The minimum atomic E-state index is -0.104. The first-order valence-electron chi connectivity index (χ1n) is 8.74. The number of nitrogens with zero attached hydrogens (tertiary/aromatic N) is 1. The normalized spacial score (nSPS) is 15.3. The molecule has 0 bridgehead atoms. The van der Waals surface area contributed by atoms with Gasteiger partial charge in [-0.15, -0.1) is 0 Å². The Bertz CT molecular complexity index is 796. The molecule has 0 saturated carbocycles. The van der Waals surface area contributed by atoms with Crippen molar-refractivity contribution in [2.75, 3.05) is 11.4 Å². The molecular formula is C21H24N2O2. The molecule has 1 aliphatic heterocycles. The molecule has 1 N–H and O–H groups in total. The number of aryl methyl sites for hydroxylation is 2. The van der Waals surface area contributed by atoms with Crippen LogP contribution in [0.5, 0.6) is 0 Å². The second-order valence-electron chi connectivity index (χ2n) is 6.75. The lowest BCUT2D eigenvalue weighted by Gasteiger charge is -2.18. The summed E-state index contributed by atoms with van der Waals surface area (Å²) in [5, 5.41) is 3.06.